The molecule has 0 unspecified atom stereocenters. The summed E-state index contributed by atoms with van der Waals surface area (Å²) in [5.41, 5.74) is 1.52. The number of hydrogen-bond acceptors (Lipinski definition) is 5. The molecule has 0 spiro atoms. The Hall–Kier alpha value is -2.96. The van der Waals surface area contributed by atoms with Gasteiger partial charge in [0.1, 0.15) is 17.7 Å². The molecule has 0 bridgehead atoms. The molecule has 32 heavy (non-hydrogen) atoms. The van der Waals surface area contributed by atoms with Crippen LogP contribution in [0.3, 0.4) is 0 Å². The monoisotopic (exact) mass is 437 g/mol. The molecule has 2 atom stereocenters. The molecule has 1 aromatic carbocycles. The van der Waals surface area contributed by atoms with Crippen molar-refractivity contribution in [3.8, 4) is 0 Å². The molecule has 1 aliphatic rings. The average molecular weight is 438 g/mol. The fraction of sp³-hybridized carbons (Fsp3) is 0.520. The first-order valence-electron chi connectivity index (χ1n) is 11.5. The molecule has 172 valence electrons. The highest BCUT2D eigenvalue weighted by atomic mass is 16.2. The van der Waals surface area contributed by atoms with Crippen LogP contribution in [0.25, 0.3) is 0 Å². The lowest BCUT2D eigenvalue weighted by molar-refractivity contribution is -0.134. The fourth-order valence-electron chi connectivity index (χ4n) is 3.84. The number of piperazine rings is 1. The van der Waals surface area contributed by atoms with Crippen molar-refractivity contribution < 1.29 is 9.59 Å². The molecular weight excluding hydrogens is 402 g/mol. The van der Waals surface area contributed by atoms with E-state index in [4.69, 9.17) is 4.98 Å². The maximum atomic E-state index is 13.4. The van der Waals surface area contributed by atoms with Gasteiger partial charge in [0.25, 0.3) is 5.91 Å². The molecular formula is C25H35N5O2. The van der Waals surface area contributed by atoms with Gasteiger partial charge in [-0.3, -0.25) is 9.59 Å². The third-order valence-electron chi connectivity index (χ3n) is 6.09. The van der Waals surface area contributed by atoms with Gasteiger partial charge in [-0.05, 0) is 25.0 Å². The molecule has 0 saturated carbocycles. The van der Waals surface area contributed by atoms with Crippen molar-refractivity contribution in [3.63, 3.8) is 0 Å². The van der Waals surface area contributed by atoms with Gasteiger partial charge in [0.05, 0.1) is 0 Å². The van der Waals surface area contributed by atoms with E-state index in [1.165, 1.54) is 0 Å². The maximum Gasteiger partial charge on any atom is 0.251 e. The Morgan fingerprint density at radius 2 is 1.69 bits per heavy atom. The maximum absolute atomic E-state index is 13.4. The van der Waals surface area contributed by atoms with Crippen molar-refractivity contribution in [2.75, 3.05) is 31.1 Å². The number of rotatable bonds is 7. The van der Waals surface area contributed by atoms with Crippen LogP contribution in [0.4, 0.5) is 5.82 Å². The summed E-state index contributed by atoms with van der Waals surface area (Å²) in [6, 6.07) is 10.5. The van der Waals surface area contributed by atoms with Gasteiger partial charge < -0.3 is 15.1 Å². The van der Waals surface area contributed by atoms with Crippen LogP contribution >= 0.6 is 0 Å². The summed E-state index contributed by atoms with van der Waals surface area (Å²) in [4.78, 5) is 39.4. The second kappa shape index (κ2) is 10.6. The summed E-state index contributed by atoms with van der Waals surface area (Å²) < 4.78 is 0. The van der Waals surface area contributed by atoms with Gasteiger partial charge in [-0.15, -0.1) is 0 Å². The molecule has 7 nitrogen and oxygen atoms in total. The minimum absolute atomic E-state index is 0.00924. The molecule has 1 N–H and O–H groups in total. The van der Waals surface area contributed by atoms with E-state index in [-0.39, 0.29) is 23.7 Å². The molecule has 1 saturated heterocycles. The quantitative estimate of drug-likeness (QED) is 0.718. The van der Waals surface area contributed by atoms with E-state index >= 15 is 0 Å². The van der Waals surface area contributed by atoms with E-state index < -0.39 is 6.04 Å². The Bertz CT molecular complexity index is 923. The third-order valence-corrected chi connectivity index (χ3v) is 6.09. The van der Waals surface area contributed by atoms with E-state index in [2.05, 4.69) is 29.0 Å². The van der Waals surface area contributed by atoms with Crippen molar-refractivity contribution in [3.05, 3.63) is 53.5 Å². The smallest absolute Gasteiger partial charge is 0.251 e. The highest BCUT2D eigenvalue weighted by molar-refractivity contribution is 5.97. The lowest BCUT2D eigenvalue weighted by atomic mass is 9.97. The molecule has 3 rings (SSSR count). The van der Waals surface area contributed by atoms with E-state index in [1.54, 1.807) is 12.1 Å². The van der Waals surface area contributed by atoms with Gasteiger partial charge in [0.15, 0.2) is 0 Å². The molecule has 2 heterocycles. The molecule has 1 aromatic heterocycles. The highest BCUT2D eigenvalue weighted by Gasteiger charge is 2.32. The van der Waals surface area contributed by atoms with Crippen molar-refractivity contribution >= 4 is 17.6 Å². The van der Waals surface area contributed by atoms with Gasteiger partial charge in [-0.25, -0.2) is 9.97 Å². The van der Waals surface area contributed by atoms with E-state index in [0.29, 0.717) is 31.7 Å². The second-order valence-electron chi connectivity index (χ2n) is 8.90. The predicted molar refractivity (Wildman–Crippen MR) is 127 cm³/mol. The Morgan fingerprint density at radius 1 is 1.03 bits per heavy atom. The number of benzene rings is 1. The number of carbonyl (C=O) groups is 2. The fourth-order valence-corrected chi connectivity index (χ4v) is 3.84. The Labute approximate surface area is 191 Å². The number of anilines is 1. The summed E-state index contributed by atoms with van der Waals surface area (Å²) in [5, 5.41) is 2.99. The number of nitrogens with zero attached hydrogens (tertiary/aromatic N) is 4. The molecule has 1 aliphatic heterocycles. The van der Waals surface area contributed by atoms with Crippen molar-refractivity contribution in [1.29, 1.82) is 0 Å². The zero-order valence-corrected chi connectivity index (χ0v) is 19.8. The van der Waals surface area contributed by atoms with Crippen LogP contribution in [0.15, 0.2) is 36.4 Å². The molecule has 2 amide bonds. The zero-order chi connectivity index (χ0) is 23.3. The topological polar surface area (TPSA) is 78.4 Å². The first-order chi connectivity index (χ1) is 15.3. The zero-order valence-electron chi connectivity index (χ0n) is 19.8. The van der Waals surface area contributed by atoms with Crippen LogP contribution in [0.1, 0.15) is 61.9 Å². The van der Waals surface area contributed by atoms with Crippen LogP contribution in [0, 0.1) is 12.8 Å². The van der Waals surface area contributed by atoms with Crippen LogP contribution in [-0.4, -0.2) is 58.9 Å². The van der Waals surface area contributed by atoms with E-state index in [9.17, 15) is 9.59 Å². The normalized spacial score (nSPS) is 16.1. The lowest BCUT2D eigenvalue weighted by Crippen LogP contribution is -2.56. The summed E-state index contributed by atoms with van der Waals surface area (Å²) in [5.74, 6) is 1.86. The molecule has 0 radical (unpaired) electrons. The Kier molecular flexibility index (Phi) is 7.83. The van der Waals surface area contributed by atoms with E-state index in [1.807, 2.05) is 49.9 Å². The summed E-state index contributed by atoms with van der Waals surface area (Å²) in [6.45, 7) is 12.9. The van der Waals surface area contributed by atoms with Crippen LogP contribution in [-0.2, 0) is 4.79 Å². The SMILES string of the molecule is CC[C@H](C)[C@H](NC(=O)c1ccccc1)C(=O)N1CCN(c2cc(C)nc(C(C)C)n2)CC1. The van der Waals surface area contributed by atoms with Gasteiger partial charge in [-0.1, -0.05) is 52.3 Å². The van der Waals surface area contributed by atoms with Crippen molar-refractivity contribution in [2.45, 2.75) is 53.0 Å². The van der Waals surface area contributed by atoms with Gasteiger partial charge in [0, 0.05) is 49.4 Å². The summed E-state index contributed by atoms with van der Waals surface area (Å²) in [6.07, 6.45) is 0.809. The minimum atomic E-state index is -0.534. The largest absolute Gasteiger partial charge is 0.353 e. The van der Waals surface area contributed by atoms with Gasteiger partial charge in [0.2, 0.25) is 5.91 Å². The standard InChI is InChI=1S/C25H35N5O2/c1-6-18(4)22(28-24(31)20-10-8-7-9-11-20)25(32)30-14-12-29(13-15-30)21-16-19(5)26-23(27-21)17(2)3/h7-11,16-18,22H,6,12-15H2,1-5H3,(H,28,31)/t18-,22-/m0/s1. The van der Waals surface area contributed by atoms with Crippen LogP contribution in [0.5, 0.6) is 0 Å². The number of amides is 2. The number of aromatic nitrogens is 2. The average Bonchev–Trinajstić information content (AvgIpc) is 2.81. The summed E-state index contributed by atoms with van der Waals surface area (Å²) >= 11 is 0. The second-order valence-corrected chi connectivity index (χ2v) is 8.90. The number of carbonyl (C=O) groups excluding carboxylic acids is 2. The van der Waals surface area contributed by atoms with Gasteiger partial charge >= 0.3 is 0 Å². The summed E-state index contributed by atoms with van der Waals surface area (Å²) in [7, 11) is 0. The highest BCUT2D eigenvalue weighted by Crippen LogP contribution is 2.20. The minimum Gasteiger partial charge on any atom is -0.353 e. The first-order valence-corrected chi connectivity index (χ1v) is 11.5. The lowest BCUT2D eigenvalue weighted by Gasteiger charge is -2.38. The number of nitrogens with one attached hydrogen (secondary N) is 1. The van der Waals surface area contributed by atoms with Crippen molar-refractivity contribution in [1.82, 2.24) is 20.2 Å². The van der Waals surface area contributed by atoms with Crippen LogP contribution < -0.4 is 10.2 Å². The molecule has 7 heteroatoms. The van der Waals surface area contributed by atoms with E-state index in [0.717, 1.165) is 23.8 Å². The Balaban J connectivity index is 1.67. The molecule has 2 aromatic rings. The number of aryl methyl sites for hydroxylation is 1. The number of hydrogen-bond donors (Lipinski definition) is 1. The molecule has 0 aliphatic carbocycles. The third kappa shape index (κ3) is 5.64. The predicted octanol–water partition coefficient (Wildman–Crippen LogP) is 3.40. The van der Waals surface area contributed by atoms with Gasteiger partial charge in [-0.2, -0.15) is 0 Å². The molecule has 1 fully saturated rings. The van der Waals surface area contributed by atoms with Crippen molar-refractivity contribution in [2.24, 2.45) is 5.92 Å². The Morgan fingerprint density at radius 3 is 2.28 bits per heavy atom. The van der Waals surface area contributed by atoms with Crippen LogP contribution in [0.2, 0.25) is 0 Å². The first kappa shape index (κ1) is 23.7.